The number of hydrogen-bond acceptors (Lipinski definition) is 5. The predicted molar refractivity (Wildman–Crippen MR) is 84.1 cm³/mol. The summed E-state index contributed by atoms with van der Waals surface area (Å²) in [4.78, 5) is 27.3. The third kappa shape index (κ3) is 4.19. The van der Waals surface area contributed by atoms with Gasteiger partial charge >= 0.3 is 6.09 Å². The maximum Gasteiger partial charge on any atom is 0.404 e. The maximum atomic E-state index is 11.3. The summed E-state index contributed by atoms with van der Waals surface area (Å²) in [6, 6.07) is 5.30. The van der Waals surface area contributed by atoms with Crippen LogP contribution in [-0.2, 0) is 0 Å². The Morgan fingerprint density at radius 3 is 2.82 bits per heavy atom. The fourth-order valence-electron chi connectivity index (χ4n) is 1.65. The van der Waals surface area contributed by atoms with E-state index in [9.17, 15) is 9.59 Å². The molecule has 0 unspecified atom stereocenters. The summed E-state index contributed by atoms with van der Waals surface area (Å²) in [7, 11) is 0. The molecule has 0 aliphatic rings. The Bertz CT molecular complexity index is 702. The van der Waals surface area contributed by atoms with Crippen molar-refractivity contribution in [3.8, 4) is 16.3 Å². The van der Waals surface area contributed by atoms with Crippen molar-refractivity contribution in [1.29, 1.82) is 0 Å². The lowest BCUT2D eigenvalue weighted by Crippen LogP contribution is -2.26. The van der Waals surface area contributed by atoms with Crippen molar-refractivity contribution in [1.82, 2.24) is 10.3 Å². The molecule has 8 heteroatoms. The molecule has 0 aliphatic heterocycles. The number of pyridine rings is 1. The lowest BCUT2D eigenvalue weighted by Gasteiger charge is -2.07. The minimum atomic E-state index is -1.11. The fourth-order valence-corrected chi connectivity index (χ4v) is 2.76. The number of aromatic nitrogens is 1. The van der Waals surface area contributed by atoms with Gasteiger partial charge in [-0.25, -0.2) is 9.78 Å². The van der Waals surface area contributed by atoms with E-state index in [-0.39, 0.29) is 24.8 Å². The third-order valence-electron chi connectivity index (χ3n) is 2.66. The number of carbonyl (C=O) groups excluding carboxylic acids is 1. The molecule has 0 saturated heterocycles. The summed E-state index contributed by atoms with van der Waals surface area (Å²) in [5.41, 5.74) is 0.790. The summed E-state index contributed by atoms with van der Waals surface area (Å²) in [5.74, 6) is 0.252. The summed E-state index contributed by atoms with van der Waals surface area (Å²) in [6.45, 7) is 1.79. The SMILES string of the molecule is CC(=O)c1ccc(-c2cnc(OCCNC(=O)O)c(Cl)c2)s1. The zero-order valence-corrected chi connectivity index (χ0v) is 13.2. The first kappa shape index (κ1) is 16.3. The van der Waals surface area contributed by atoms with Gasteiger partial charge in [-0.3, -0.25) is 4.79 Å². The van der Waals surface area contributed by atoms with Gasteiger partial charge in [-0.2, -0.15) is 0 Å². The van der Waals surface area contributed by atoms with Gasteiger partial charge in [-0.15, -0.1) is 11.3 Å². The maximum absolute atomic E-state index is 11.3. The van der Waals surface area contributed by atoms with Crippen LogP contribution in [0.4, 0.5) is 4.79 Å². The third-order valence-corrected chi connectivity index (χ3v) is 4.17. The van der Waals surface area contributed by atoms with E-state index in [1.165, 1.54) is 18.3 Å². The second-order valence-electron chi connectivity index (χ2n) is 4.31. The molecule has 0 spiro atoms. The highest BCUT2D eigenvalue weighted by Crippen LogP contribution is 2.32. The summed E-state index contributed by atoms with van der Waals surface area (Å²) in [6.07, 6.45) is 0.485. The van der Waals surface area contributed by atoms with Gasteiger partial charge in [-0.05, 0) is 25.1 Å². The number of rotatable bonds is 6. The Morgan fingerprint density at radius 2 is 2.23 bits per heavy atom. The zero-order chi connectivity index (χ0) is 16.1. The highest BCUT2D eigenvalue weighted by atomic mass is 35.5. The number of carboxylic acid groups (broad SMARTS) is 1. The molecule has 22 heavy (non-hydrogen) atoms. The number of nitrogens with one attached hydrogen (secondary N) is 1. The molecule has 2 aromatic rings. The van der Waals surface area contributed by atoms with Crippen LogP contribution in [-0.4, -0.2) is 35.1 Å². The van der Waals surface area contributed by atoms with Crippen LogP contribution in [0.25, 0.3) is 10.4 Å². The van der Waals surface area contributed by atoms with Gasteiger partial charge in [0.15, 0.2) is 5.78 Å². The number of carbonyl (C=O) groups is 2. The van der Waals surface area contributed by atoms with Crippen molar-refractivity contribution in [3.63, 3.8) is 0 Å². The second kappa shape index (κ2) is 7.24. The first-order valence-corrected chi connectivity index (χ1v) is 7.53. The standard InChI is InChI=1S/C14H13ClN2O4S/c1-8(18)11-2-3-12(22-11)9-6-10(15)13(17-7-9)21-5-4-16-14(19)20/h2-3,6-7,16H,4-5H2,1H3,(H,19,20). The van der Waals surface area contributed by atoms with Crippen LogP contribution in [0, 0.1) is 0 Å². The number of thiophene rings is 1. The molecule has 0 aromatic carbocycles. The van der Waals surface area contributed by atoms with E-state index >= 15 is 0 Å². The molecule has 116 valence electrons. The first-order valence-electron chi connectivity index (χ1n) is 6.33. The molecule has 0 saturated carbocycles. The van der Waals surface area contributed by atoms with Crippen molar-refractivity contribution in [3.05, 3.63) is 34.3 Å². The number of nitrogens with zero attached hydrogens (tertiary/aromatic N) is 1. The van der Waals surface area contributed by atoms with Crippen LogP contribution in [0.15, 0.2) is 24.4 Å². The van der Waals surface area contributed by atoms with Gasteiger partial charge < -0.3 is 15.2 Å². The molecule has 2 aromatic heterocycles. The number of ether oxygens (including phenoxy) is 1. The first-order chi connectivity index (χ1) is 10.5. The van der Waals surface area contributed by atoms with Gasteiger partial charge in [0, 0.05) is 16.6 Å². The monoisotopic (exact) mass is 340 g/mol. The molecule has 0 atom stereocenters. The van der Waals surface area contributed by atoms with Gasteiger partial charge in [0.2, 0.25) is 5.88 Å². The van der Waals surface area contributed by atoms with Crippen LogP contribution < -0.4 is 10.1 Å². The number of Topliss-reactive ketones (excluding diaryl/α,β-unsaturated/α-hetero) is 1. The largest absolute Gasteiger partial charge is 0.475 e. The zero-order valence-electron chi connectivity index (χ0n) is 11.6. The van der Waals surface area contributed by atoms with E-state index in [1.807, 2.05) is 6.07 Å². The highest BCUT2D eigenvalue weighted by molar-refractivity contribution is 7.17. The van der Waals surface area contributed by atoms with Crippen LogP contribution >= 0.6 is 22.9 Å². The van der Waals surface area contributed by atoms with Crippen molar-refractivity contribution in [2.75, 3.05) is 13.2 Å². The Morgan fingerprint density at radius 1 is 1.45 bits per heavy atom. The lowest BCUT2D eigenvalue weighted by molar-refractivity contribution is 0.102. The normalized spacial score (nSPS) is 10.3. The second-order valence-corrected chi connectivity index (χ2v) is 5.80. The minimum Gasteiger partial charge on any atom is -0.475 e. The number of hydrogen-bond donors (Lipinski definition) is 2. The number of ketones is 1. The quantitative estimate of drug-likeness (QED) is 0.622. The van der Waals surface area contributed by atoms with Gasteiger partial charge in [0.25, 0.3) is 0 Å². The molecule has 2 N–H and O–H groups in total. The molecule has 2 rings (SSSR count). The Labute approximate surface area is 135 Å². The molecular weight excluding hydrogens is 328 g/mol. The topological polar surface area (TPSA) is 88.5 Å². The highest BCUT2D eigenvalue weighted by Gasteiger charge is 2.10. The van der Waals surface area contributed by atoms with E-state index in [4.69, 9.17) is 21.4 Å². The molecule has 0 bridgehead atoms. The van der Waals surface area contributed by atoms with Crippen LogP contribution in [0.2, 0.25) is 5.02 Å². The van der Waals surface area contributed by atoms with Crippen molar-refractivity contribution < 1.29 is 19.4 Å². The van der Waals surface area contributed by atoms with Gasteiger partial charge in [0.1, 0.15) is 11.6 Å². The molecule has 0 fully saturated rings. The average molecular weight is 341 g/mol. The van der Waals surface area contributed by atoms with E-state index in [0.29, 0.717) is 9.90 Å². The summed E-state index contributed by atoms with van der Waals surface area (Å²) < 4.78 is 5.30. The Kier molecular flexibility index (Phi) is 5.35. The van der Waals surface area contributed by atoms with E-state index < -0.39 is 6.09 Å². The van der Waals surface area contributed by atoms with E-state index in [2.05, 4.69) is 10.3 Å². The predicted octanol–water partition coefficient (Wildman–Crippen LogP) is 3.31. The smallest absolute Gasteiger partial charge is 0.404 e. The van der Waals surface area contributed by atoms with Crippen LogP contribution in [0.3, 0.4) is 0 Å². The van der Waals surface area contributed by atoms with Crippen molar-refractivity contribution in [2.45, 2.75) is 6.92 Å². The van der Waals surface area contributed by atoms with Crippen LogP contribution in [0.5, 0.6) is 5.88 Å². The van der Waals surface area contributed by atoms with E-state index in [1.54, 1.807) is 18.3 Å². The molecule has 6 nitrogen and oxygen atoms in total. The van der Waals surface area contributed by atoms with E-state index in [0.717, 1.165) is 10.4 Å². The molecule has 1 amide bonds. The minimum absolute atomic E-state index is 0.0150. The van der Waals surface area contributed by atoms with Crippen molar-refractivity contribution >= 4 is 34.8 Å². The molecule has 0 aliphatic carbocycles. The number of halogens is 1. The summed E-state index contributed by atoms with van der Waals surface area (Å²) >= 11 is 7.47. The van der Waals surface area contributed by atoms with Gasteiger partial charge in [-0.1, -0.05) is 11.6 Å². The lowest BCUT2D eigenvalue weighted by atomic mass is 10.2. The fraction of sp³-hybridized carbons (Fsp3) is 0.214. The molecular formula is C14H13ClN2O4S. The van der Waals surface area contributed by atoms with Crippen molar-refractivity contribution in [2.24, 2.45) is 0 Å². The average Bonchev–Trinajstić information content (AvgIpc) is 2.94. The Hall–Kier alpha value is -2.12. The summed E-state index contributed by atoms with van der Waals surface area (Å²) in [5, 5.41) is 10.9. The number of amides is 1. The Balaban J connectivity index is 2.05. The van der Waals surface area contributed by atoms with Crippen LogP contribution in [0.1, 0.15) is 16.6 Å². The molecule has 0 radical (unpaired) electrons. The molecule has 2 heterocycles. The van der Waals surface area contributed by atoms with Gasteiger partial charge in [0.05, 0.1) is 11.4 Å².